The zero-order valence-corrected chi connectivity index (χ0v) is 17.4. The Labute approximate surface area is 172 Å². The number of rotatable bonds is 6. The van der Waals surface area contributed by atoms with Gasteiger partial charge in [0.05, 0.1) is 16.8 Å². The summed E-state index contributed by atoms with van der Waals surface area (Å²) >= 11 is 7.57. The van der Waals surface area contributed by atoms with E-state index in [-0.39, 0.29) is 28.1 Å². The fraction of sp³-hybridized carbons (Fsp3) is 0.444. The van der Waals surface area contributed by atoms with Gasteiger partial charge in [-0.2, -0.15) is 0 Å². The first-order chi connectivity index (χ1) is 13.4. The van der Waals surface area contributed by atoms with E-state index in [9.17, 15) is 13.2 Å². The van der Waals surface area contributed by atoms with Gasteiger partial charge < -0.3 is 4.74 Å². The maximum absolute atomic E-state index is 12.6. The van der Waals surface area contributed by atoms with Crippen molar-refractivity contribution in [3.63, 3.8) is 0 Å². The molecule has 2 heterocycles. The normalized spacial score (nSPS) is 19.0. The zero-order chi connectivity index (χ0) is 19.7. The zero-order valence-electron chi connectivity index (χ0n) is 15.0. The second-order valence-corrected chi connectivity index (χ2v) is 10.1. The highest BCUT2D eigenvalue weighted by atomic mass is 35.5. The molecule has 10 heteroatoms. The summed E-state index contributed by atoms with van der Waals surface area (Å²) in [5.74, 6) is -0.417. The van der Waals surface area contributed by atoms with Crippen molar-refractivity contribution in [3.05, 3.63) is 39.4 Å². The molecule has 1 aliphatic carbocycles. The van der Waals surface area contributed by atoms with Gasteiger partial charge in [0.2, 0.25) is 10.0 Å². The molecule has 1 aliphatic heterocycles. The molecule has 150 valence electrons. The number of fused-ring (bicyclic) bond motifs is 1. The number of anilines is 1. The molecule has 2 aliphatic rings. The number of carbonyl (C=O) groups excluding carboxylic acids is 1. The van der Waals surface area contributed by atoms with Gasteiger partial charge in [-0.3, -0.25) is 10.1 Å². The maximum atomic E-state index is 12.6. The Morgan fingerprint density at radius 1 is 1.32 bits per heavy atom. The molecule has 1 aromatic heterocycles. The number of hydrogen-bond acceptors (Lipinski definition) is 6. The SMILES string of the molecule is O=C(Nc1nc2c(s1)CCC2)c1ccc(Cl)c(S(=O)(=O)NCC2CCCO2)c1. The van der Waals surface area contributed by atoms with Crippen molar-refractivity contribution in [2.24, 2.45) is 0 Å². The average molecular weight is 442 g/mol. The number of sulfonamides is 1. The predicted octanol–water partition coefficient (Wildman–Crippen LogP) is 2.99. The van der Waals surface area contributed by atoms with Gasteiger partial charge in [-0.1, -0.05) is 11.6 Å². The van der Waals surface area contributed by atoms with Crippen molar-refractivity contribution >= 4 is 44.0 Å². The van der Waals surface area contributed by atoms with Gasteiger partial charge in [-0.25, -0.2) is 18.1 Å². The van der Waals surface area contributed by atoms with Crippen molar-refractivity contribution in [1.29, 1.82) is 0 Å². The third-order valence-electron chi connectivity index (χ3n) is 4.82. The van der Waals surface area contributed by atoms with Crippen LogP contribution in [-0.2, 0) is 27.6 Å². The van der Waals surface area contributed by atoms with Crippen LogP contribution in [0.4, 0.5) is 5.13 Å². The molecular formula is C18H20ClN3O4S2. The van der Waals surface area contributed by atoms with Crippen LogP contribution >= 0.6 is 22.9 Å². The molecule has 0 radical (unpaired) electrons. The first-order valence-corrected chi connectivity index (χ1v) is 11.8. The highest BCUT2D eigenvalue weighted by Crippen LogP contribution is 2.31. The number of hydrogen-bond donors (Lipinski definition) is 2. The smallest absolute Gasteiger partial charge is 0.257 e. The molecule has 0 bridgehead atoms. The van der Waals surface area contributed by atoms with Gasteiger partial charge in [0.15, 0.2) is 5.13 Å². The third-order valence-corrected chi connectivity index (χ3v) is 7.80. The van der Waals surface area contributed by atoms with Gasteiger partial charge in [0.25, 0.3) is 5.91 Å². The number of thiazole rings is 1. The van der Waals surface area contributed by atoms with Crippen LogP contribution in [0.2, 0.25) is 5.02 Å². The minimum Gasteiger partial charge on any atom is -0.377 e. The summed E-state index contributed by atoms with van der Waals surface area (Å²) in [5.41, 5.74) is 1.25. The average Bonchev–Trinajstić information content (AvgIpc) is 3.38. The Bertz CT molecular complexity index is 979. The van der Waals surface area contributed by atoms with E-state index in [2.05, 4.69) is 15.0 Å². The standard InChI is InChI=1S/C18H20ClN3O4S2/c19-13-7-6-11(17(23)22-18-21-14-4-1-5-15(14)27-18)9-16(13)28(24,25)20-10-12-3-2-8-26-12/h6-7,9,12,20H,1-5,8,10H2,(H,21,22,23). The molecule has 1 unspecified atom stereocenters. The number of halogens is 1. The number of aryl methyl sites for hydroxylation is 2. The van der Waals surface area contributed by atoms with Crippen LogP contribution in [0.25, 0.3) is 0 Å². The number of nitrogens with one attached hydrogen (secondary N) is 2. The fourth-order valence-electron chi connectivity index (χ4n) is 3.35. The van der Waals surface area contributed by atoms with Crippen molar-refractivity contribution in [2.75, 3.05) is 18.5 Å². The highest BCUT2D eigenvalue weighted by Gasteiger charge is 2.24. The summed E-state index contributed by atoms with van der Waals surface area (Å²) in [4.78, 5) is 18.1. The molecule has 0 spiro atoms. The Balaban J connectivity index is 1.49. The van der Waals surface area contributed by atoms with Crippen LogP contribution in [0, 0.1) is 0 Å². The number of benzene rings is 1. The van der Waals surface area contributed by atoms with Crippen molar-refractivity contribution in [2.45, 2.75) is 43.1 Å². The molecule has 2 N–H and O–H groups in total. The lowest BCUT2D eigenvalue weighted by molar-refractivity contribution is 0.102. The molecule has 7 nitrogen and oxygen atoms in total. The van der Waals surface area contributed by atoms with Crippen LogP contribution in [0.5, 0.6) is 0 Å². The Morgan fingerprint density at radius 3 is 2.93 bits per heavy atom. The monoisotopic (exact) mass is 441 g/mol. The molecule has 1 aromatic carbocycles. The van der Waals surface area contributed by atoms with Crippen LogP contribution in [0.15, 0.2) is 23.1 Å². The van der Waals surface area contributed by atoms with Crippen molar-refractivity contribution in [1.82, 2.24) is 9.71 Å². The maximum Gasteiger partial charge on any atom is 0.257 e. The molecule has 1 saturated heterocycles. The Kier molecular flexibility index (Phi) is 5.71. The molecule has 0 saturated carbocycles. The first-order valence-electron chi connectivity index (χ1n) is 9.13. The summed E-state index contributed by atoms with van der Waals surface area (Å²) in [5, 5.41) is 3.35. The lowest BCUT2D eigenvalue weighted by Gasteiger charge is -2.13. The first kappa shape index (κ1) is 19.8. The van der Waals surface area contributed by atoms with Crippen molar-refractivity contribution in [3.8, 4) is 0 Å². The van der Waals surface area contributed by atoms with E-state index >= 15 is 0 Å². The highest BCUT2D eigenvalue weighted by molar-refractivity contribution is 7.89. The van der Waals surface area contributed by atoms with Gasteiger partial charge >= 0.3 is 0 Å². The number of ether oxygens (including phenoxy) is 1. The second kappa shape index (κ2) is 8.08. The molecular weight excluding hydrogens is 422 g/mol. The van der Waals surface area contributed by atoms with E-state index in [1.54, 1.807) is 0 Å². The van der Waals surface area contributed by atoms with Gasteiger partial charge in [0.1, 0.15) is 4.90 Å². The van der Waals surface area contributed by atoms with E-state index < -0.39 is 15.9 Å². The summed E-state index contributed by atoms with van der Waals surface area (Å²) in [6, 6.07) is 4.20. The minimum absolute atomic E-state index is 0.0598. The molecule has 1 amide bonds. The second-order valence-electron chi connectivity index (χ2n) is 6.83. The summed E-state index contributed by atoms with van der Waals surface area (Å²) in [6.07, 6.45) is 4.62. The predicted molar refractivity (Wildman–Crippen MR) is 108 cm³/mol. The van der Waals surface area contributed by atoms with Gasteiger partial charge in [-0.15, -0.1) is 11.3 Å². The quantitative estimate of drug-likeness (QED) is 0.718. The Morgan fingerprint density at radius 2 is 2.18 bits per heavy atom. The van der Waals surface area contributed by atoms with E-state index in [1.165, 1.54) is 34.4 Å². The topological polar surface area (TPSA) is 97.4 Å². The number of carbonyl (C=O) groups is 1. The van der Waals surface area contributed by atoms with Crippen LogP contribution < -0.4 is 10.0 Å². The molecule has 1 fully saturated rings. The number of nitrogens with zero attached hydrogens (tertiary/aromatic N) is 1. The summed E-state index contributed by atoms with van der Waals surface area (Å²) in [6.45, 7) is 0.822. The number of amides is 1. The molecule has 2 aromatic rings. The van der Waals surface area contributed by atoms with E-state index in [0.29, 0.717) is 11.7 Å². The van der Waals surface area contributed by atoms with Crippen LogP contribution in [-0.4, -0.2) is 38.6 Å². The van der Waals surface area contributed by atoms with E-state index in [4.69, 9.17) is 16.3 Å². The van der Waals surface area contributed by atoms with Crippen LogP contribution in [0.1, 0.15) is 40.2 Å². The molecule has 1 atom stereocenters. The lowest BCUT2D eigenvalue weighted by atomic mass is 10.2. The summed E-state index contributed by atoms with van der Waals surface area (Å²) in [7, 11) is -3.86. The molecule has 4 rings (SSSR count). The van der Waals surface area contributed by atoms with Crippen molar-refractivity contribution < 1.29 is 17.9 Å². The third kappa shape index (κ3) is 4.23. The van der Waals surface area contributed by atoms with Gasteiger partial charge in [0, 0.05) is 23.6 Å². The largest absolute Gasteiger partial charge is 0.377 e. The summed E-state index contributed by atoms with van der Waals surface area (Å²) < 4.78 is 33.2. The van der Waals surface area contributed by atoms with Crippen LogP contribution in [0.3, 0.4) is 0 Å². The molecule has 28 heavy (non-hydrogen) atoms. The van der Waals surface area contributed by atoms with E-state index in [1.807, 2.05) is 0 Å². The number of aromatic nitrogens is 1. The van der Waals surface area contributed by atoms with Gasteiger partial charge in [-0.05, 0) is 50.3 Å². The minimum atomic E-state index is -3.86. The fourth-order valence-corrected chi connectivity index (χ4v) is 5.98. The lowest BCUT2D eigenvalue weighted by Crippen LogP contribution is -2.32. The van der Waals surface area contributed by atoms with E-state index in [0.717, 1.165) is 37.8 Å². The Hall–Kier alpha value is -1.52.